The van der Waals surface area contributed by atoms with Crippen molar-refractivity contribution in [2.24, 2.45) is 0 Å². The number of imide groups is 1. The molecule has 0 aliphatic heterocycles. The van der Waals surface area contributed by atoms with Crippen LogP contribution in [0.3, 0.4) is 0 Å². The standard InChI is InChI=1S/C21H22N4O3S2/c1-12-7-9-13(10-8-12)25-19(27)17-14-5-3-4-6-15(14)30-18(17)24-21(25)29-11-16(26)23-20(28)22-2/h7-10H,3-6,11H2,1-2H3,(H2,22,23,26,28). The molecule has 3 amide bonds. The maximum atomic E-state index is 13.6. The van der Waals surface area contributed by atoms with Crippen LogP contribution in [-0.4, -0.2) is 34.3 Å². The minimum Gasteiger partial charge on any atom is -0.341 e. The molecule has 30 heavy (non-hydrogen) atoms. The van der Waals surface area contributed by atoms with Gasteiger partial charge in [0.25, 0.3) is 5.56 Å². The maximum Gasteiger partial charge on any atom is 0.321 e. The van der Waals surface area contributed by atoms with E-state index in [0.717, 1.165) is 53.4 Å². The first-order valence-electron chi connectivity index (χ1n) is 9.76. The fraction of sp³-hybridized carbons (Fsp3) is 0.333. The summed E-state index contributed by atoms with van der Waals surface area (Å²) in [5, 5.41) is 5.73. The summed E-state index contributed by atoms with van der Waals surface area (Å²) in [6, 6.07) is 7.10. The van der Waals surface area contributed by atoms with Crippen molar-refractivity contribution < 1.29 is 9.59 Å². The van der Waals surface area contributed by atoms with Crippen LogP contribution in [0.4, 0.5) is 4.79 Å². The number of thiophene rings is 1. The molecule has 1 aliphatic rings. The molecule has 156 valence electrons. The second-order valence-corrected chi connectivity index (χ2v) is 9.20. The third kappa shape index (κ3) is 3.99. The quantitative estimate of drug-likeness (QED) is 0.478. The molecule has 2 N–H and O–H groups in total. The summed E-state index contributed by atoms with van der Waals surface area (Å²) in [6.07, 6.45) is 4.10. The number of rotatable bonds is 4. The van der Waals surface area contributed by atoms with Crippen molar-refractivity contribution in [2.75, 3.05) is 12.8 Å². The van der Waals surface area contributed by atoms with Gasteiger partial charge >= 0.3 is 6.03 Å². The van der Waals surface area contributed by atoms with Gasteiger partial charge in [-0.25, -0.2) is 9.78 Å². The number of thioether (sulfide) groups is 1. The molecule has 4 rings (SSSR count). The van der Waals surface area contributed by atoms with Crippen LogP contribution in [0.25, 0.3) is 15.9 Å². The van der Waals surface area contributed by atoms with Crippen molar-refractivity contribution in [1.82, 2.24) is 20.2 Å². The van der Waals surface area contributed by atoms with Crippen LogP contribution in [0.5, 0.6) is 0 Å². The SMILES string of the molecule is CNC(=O)NC(=O)CSc1nc2sc3c(c2c(=O)n1-c1ccc(C)cc1)CCCC3. The average molecular weight is 443 g/mol. The van der Waals surface area contributed by atoms with Gasteiger partial charge in [-0.1, -0.05) is 29.5 Å². The normalized spacial score (nSPS) is 13.1. The van der Waals surface area contributed by atoms with E-state index in [4.69, 9.17) is 4.98 Å². The molecule has 1 aromatic carbocycles. The Morgan fingerprint density at radius 2 is 1.93 bits per heavy atom. The largest absolute Gasteiger partial charge is 0.341 e. The van der Waals surface area contributed by atoms with Crippen molar-refractivity contribution in [2.45, 2.75) is 37.8 Å². The van der Waals surface area contributed by atoms with Crippen molar-refractivity contribution in [3.05, 3.63) is 50.6 Å². The molecule has 2 heterocycles. The fourth-order valence-corrected chi connectivity index (χ4v) is 5.68. The van der Waals surface area contributed by atoms with Crippen LogP contribution in [0.15, 0.2) is 34.2 Å². The predicted octanol–water partition coefficient (Wildman–Crippen LogP) is 3.18. The number of fused-ring (bicyclic) bond motifs is 3. The molecule has 0 radical (unpaired) electrons. The number of nitrogens with one attached hydrogen (secondary N) is 2. The lowest BCUT2D eigenvalue weighted by atomic mass is 9.97. The van der Waals surface area contributed by atoms with Gasteiger partial charge in [0.15, 0.2) is 5.16 Å². The van der Waals surface area contributed by atoms with Crippen molar-refractivity contribution in [3.63, 3.8) is 0 Å². The Hall–Kier alpha value is -2.65. The van der Waals surface area contributed by atoms with Gasteiger partial charge < -0.3 is 5.32 Å². The number of aryl methyl sites for hydroxylation is 3. The van der Waals surface area contributed by atoms with Gasteiger partial charge in [0, 0.05) is 11.9 Å². The van der Waals surface area contributed by atoms with E-state index in [2.05, 4.69) is 10.6 Å². The van der Waals surface area contributed by atoms with E-state index in [9.17, 15) is 14.4 Å². The van der Waals surface area contributed by atoms with Crippen LogP contribution < -0.4 is 16.2 Å². The summed E-state index contributed by atoms with van der Waals surface area (Å²) in [7, 11) is 1.44. The third-order valence-corrected chi connectivity index (χ3v) is 7.19. The Labute approximate surface area is 181 Å². The first-order valence-corrected chi connectivity index (χ1v) is 11.6. The molecule has 9 heteroatoms. The summed E-state index contributed by atoms with van der Waals surface area (Å²) in [6.45, 7) is 1.99. The zero-order chi connectivity index (χ0) is 21.3. The van der Waals surface area contributed by atoms with Crippen LogP contribution in [0.1, 0.15) is 28.8 Å². The van der Waals surface area contributed by atoms with Gasteiger partial charge in [0.05, 0.1) is 16.8 Å². The number of nitrogens with zero attached hydrogens (tertiary/aromatic N) is 2. The van der Waals surface area contributed by atoms with Gasteiger partial charge in [-0.15, -0.1) is 11.3 Å². The lowest BCUT2D eigenvalue weighted by molar-refractivity contribution is -0.117. The lowest BCUT2D eigenvalue weighted by Gasteiger charge is -2.13. The summed E-state index contributed by atoms with van der Waals surface area (Å²) in [4.78, 5) is 43.8. The summed E-state index contributed by atoms with van der Waals surface area (Å²) < 4.78 is 1.58. The Morgan fingerprint density at radius 1 is 1.20 bits per heavy atom. The summed E-state index contributed by atoms with van der Waals surface area (Å²) >= 11 is 2.73. The Kier molecular flexibility index (Phi) is 5.92. The molecule has 0 fully saturated rings. The van der Waals surface area contributed by atoms with Crippen molar-refractivity contribution >= 4 is 45.3 Å². The number of urea groups is 1. The molecule has 0 saturated carbocycles. The lowest BCUT2D eigenvalue weighted by Crippen LogP contribution is -2.38. The first-order chi connectivity index (χ1) is 14.5. The fourth-order valence-electron chi connectivity index (χ4n) is 3.56. The van der Waals surface area contributed by atoms with E-state index in [0.29, 0.717) is 16.2 Å². The molecular formula is C21H22N4O3S2. The maximum absolute atomic E-state index is 13.6. The highest BCUT2D eigenvalue weighted by Gasteiger charge is 2.23. The number of hydrogen-bond acceptors (Lipinski definition) is 6. The molecule has 7 nitrogen and oxygen atoms in total. The smallest absolute Gasteiger partial charge is 0.321 e. The van der Waals surface area contributed by atoms with Gasteiger partial charge in [0.1, 0.15) is 4.83 Å². The molecule has 0 bridgehead atoms. The second kappa shape index (κ2) is 8.61. The molecule has 3 aromatic rings. The highest BCUT2D eigenvalue weighted by molar-refractivity contribution is 7.99. The predicted molar refractivity (Wildman–Crippen MR) is 120 cm³/mol. The number of hydrogen-bond donors (Lipinski definition) is 2. The highest BCUT2D eigenvalue weighted by atomic mass is 32.2. The molecule has 2 aromatic heterocycles. The Bertz CT molecular complexity index is 1180. The molecule has 0 atom stereocenters. The number of carbonyl (C=O) groups excluding carboxylic acids is 2. The third-order valence-electron chi connectivity index (χ3n) is 5.06. The van der Waals surface area contributed by atoms with Crippen molar-refractivity contribution in [1.29, 1.82) is 0 Å². The van der Waals surface area contributed by atoms with Crippen LogP contribution in [0, 0.1) is 6.92 Å². The van der Waals surface area contributed by atoms with Crippen LogP contribution in [0.2, 0.25) is 0 Å². The van der Waals surface area contributed by atoms with E-state index in [1.165, 1.54) is 11.9 Å². The molecule has 0 saturated heterocycles. The Balaban J connectivity index is 1.80. The number of benzene rings is 1. The van der Waals surface area contributed by atoms with Gasteiger partial charge in [0.2, 0.25) is 5.91 Å². The average Bonchev–Trinajstić information content (AvgIpc) is 3.11. The highest BCUT2D eigenvalue weighted by Crippen LogP contribution is 2.35. The molecule has 0 spiro atoms. The molecule has 1 aliphatic carbocycles. The topological polar surface area (TPSA) is 93.1 Å². The number of amides is 3. The molecular weight excluding hydrogens is 420 g/mol. The summed E-state index contributed by atoms with van der Waals surface area (Å²) in [5.74, 6) is -0.475. The second-order valence-electron chi connectivity index (χ2n) is 7.18. The zero-order valence-corrected chi connectivity index (χ0v) is 18.4. The monoisotopic (exact) mass is 442 g/mol. The van der Waals surface area contributed by atoms with E-state index >= 15 is 0 Å². The van der Waals surface area contributed by atoms with Crippen LogP contribution >= 0.6 is 23.1 Å². The minimum atomic E-state index is -0.564. The van der Waals surface area contributed by atoms with Gasteiger partial charge in [-0.2, -0.15) is 0 Å². The van der Waals surface area contributed by atoms with Crippen molar-refractivity contribution in [3.8, 4) is 5.69 Å². The minimum absolute atomic E-state index is 0.0255. The number of carbonyl (C=O) groups is 2. The van der Waals surface area contributed by atoms with Gasteiger partial charge in [-0.3, -0.25) is 19.5 Å². The van der Waals surface area contributed by atoms with E-state index in [-0.39, 0.29) is 11.3 Å². The van der Waals surface area contributed by atoms with Gasteiger partial charge in [-0.05, 0) is 50.3 Å². The zero-order valence-electron chi connectivity index (χ0n) is 16.8. The van der Waals surface area contributed by atoms with E-state index in [1.54, 1.807) is 15.9 Å². The summed E-state index contributed by atoms with van der Waals surface area (Å²) in [5.41, 5.74) is 2.84. The Morgan fingerprint density at radius 3 is 2.67 bits per heavy atom. The molecule has 0 unspecified atom stereocenters. The van der Waals surface area contributed by atoms with Crippen LogP contribution in [-0.2, 0) is 17.6 Å². The van der Waals surface area contributed by atoms with E-state index < -0.39 is 11.9 Å². The number of aromatic nitrogens is 2. The van der Waals surface area contributed by atoms with E-state index in [1.807, 2.05) is 31.2 Å². The first kappa shape index (κ1) is 20.6.